The predicted octanol–water partition coefficient (Wildman–Crippen LogP) is 3.64. The zero-order chi connectivity index (χ0) is 25.5. The predicted molar refractivity (Wildman–Crippen MR) is 138 cm³/mol. The van der Waals surface area contributed by atoms with Crippen molar-refractivity contribution in [2.75, 3.05) is 51.8 Å². The molecule has 1 saturated heterocycles. The van der Waals surface area contributed by atoms with Crippen LogP contribution in [0.4, 0.5) is 11.4 Å². The summed E-state index contributed by atoms with van der Waals surface area (Å²) in [6, 6.07) is 21.7. The van der Waals surface area contributed by atoms with Gasteiger partial charge in [-0.3, -0.25) is 19.8 Å². The van der Waals surface area contributed by atoms with Crippen molar-refractivity contribution in [2.24, 2.45) is 0 Å². The molecule has 0 bridgehead atoms. The largest absolute Gasteiger partial charge is 0.497 e. The number of amides is 1. The van der Waals surface area contributed by atoms with E-state index in [0.29, 0.717) is 31.9 Å². The van der Waals surface area contributed by atoms with E-state index in [1.165, 1.54) is 6.07 Å². The number of carbonyl (C=O) groups excluding carboxylic acids is 1. The number of nitrogens with one attached hydrogen (secondary N) is 1. The van der Waals surface area contributed by atoms with Crippen molar-refractivity contribution in [3.05, 3.63) is 94.0 Å². The molecule has 1 fully saturated rings. The normalized spacial score (nSPS) is 13.9. The molecule has 0 aliphatic carbocycles. The molecular weight excluding hydrogens is 460 g/mol. The fourth-order valence-electron chi connectivity index (χ4n) is 4.39. The van der Waals surface area contributed by atoms with Gasteiger partial charge in [0.25, 0.3) is 5.69 Å². The van der Waals surface area contributed by atoms with Crippen LogP contribution in [0.2, 0.25) is 0 Å². The number of para-hydroxylation sites is 2. The minimum absolute atomic E-state index is 0.0919. The molecule has 0 radical (unpaired) electrons. The molecule has 0 unspecified atom stereocenters. The van der Waals surface area contributed by atoms with E-state index in [9.17, 15) is 14.9 Å². The number of nitro groups is 1. The van der Waals surface area contributed by atoms with Crippen molar-refractivity contribution in [1.82, 2.24) is 10.2 Å². The number of nitro benzene ring substituents is 1. The second kappa shape index (κ2) is 11.5. The van der Waals surface area contributed by atoms with Gasteiger partial charge < -0.3 is 19.7 Å². The van der Waals surface area contributed by atoms with E-state index in [1.807, 2.05) is 53.4 Å². The Bertz CT molecular complexity index is 1130. The van der Waals surface area contributed by atoms with Crippen LogP contribution >= 0.6 is 0 Å². The summed E-state index contributed by atoms with van der Waals surface area (Å²) in [5.74, 6) is 1.40. The smallest absolute Gasteiger partial charge is 0.292 e. The van der Waals surface area contributed by atoms with Crippen LogP contribution < -0.4 is 19.7 Å². The van der Waals surface area contributed by atoms with Crippen molar-refractivity contribution in [3.63, 3.8) is 0 Å². The summed E-state index contributed by atoms with van der Waals surface area (Å²) in [7, 11) is 3.24. The van der Waals surface area contributed by atoms with Gasteiger partial charge in [0.2, 0.25) is 5.91 Å². The molecule has 0 atom stereocenters. The molecule has 188 valence electrons. The molecule has 1 aliphatic rings. The monoisotopic (exact) mass is 490 g/mol. The minimum atomic E-state index is -0.354. The van der Waals surface area contributed by atoms with E-state index in [1.54, 1.807) is 32.4 Å². The van der Waals surface area contributed by atoms with Crippen molar-refractivity contribution in [2.45, 2.75) is 6.04 Å². The highest BCUT2D eigenvalue weighted by Crippen LogP contribution is 2.29. The summed E-state index contributed by atoms with van der Waals surface area (Å²) in [6.07, 6.45) is 0. The van der Waals surface area contributed by atoms with Crippen molar-refractivity contribution >= 4 is 17.3 Å². The quantitative estimate of drug-likeness (QED) is 0.361. The third-order valence-corrected chi connectivity index (χ3v) is 6.36. The number of carbonyl (C=O) groups is 1. The van der Waals surface area contributed by atoms with Gasteiger partial charge in [0.15, 0.2) is 0 Å². The fraction of sp³-hybridized carbons (Fsp3) is 0.296. The highest BCUT2D eigenvalue weighted by molar-refractivity contribution is 5.79. The van der Waals surface area contributed by atoms with Gasteiger partial charge in [-0.15, -0.1) is 0 Å². The Kier molecular flexibility index (Phi) is 8.02. The van der Waals surface area contributed by atoms with Crippen LogP contribution in [0.25, 0.3) is 0 Å². The van der Waals surface area contributed by atoms with E-state index >= 15 is 0 Å². The number of benzene rings is 3. The first-order chi connectivity index (χ1) is 17.5. The second-order valence-electron chi connectivity index (χ2n) is 8.56. The van der Waals surface area contributed by atoms with E-state index in [2.05, 4.69) is 10.2 Å². The Labute approximate surface area is 210 Å². The Balaban J connectivity index is 1.42. The molecule has 4 rings (SSSR count). The van der Waals surface area contributed by atoms with Gasteiger partial charge in [-0.1, -0.05) is 36.4 Å². The maximum absolute atomic E-state index is 13.1. The van der Waals surface area contributed by atoms with Crippen LogP contribution in [0.5, 0.6) is 11.5 Å². The molecule has 0 aromatic heterocycles. The van der Waals surface area contributed by atoms with Gasteiger partial charge in [0.05, 0.1) is 31.7 Å². The first kappa shape index (κ1) is 25.0. The van der Waals surface area contributed by atoms with Crippen LogP contribution in [0, 0.1) is 10.1 Å². The maximum atomic E-state index is 13.1. The van der Waals surface area contributed by atoms with Crippen LogP contribution in [0.3, 0.4) is 0 Å². The Morgan fingerprint density at radius 1 is 0.889 bits per heavy atom. The third-order valence-electron chi connectivity index (χ3n) is 6.36. The summed E-state index contributed by atoms with van der Waals surface area (Å²) in [5.41, 5.74) is 2.60. The van der Waals surface area contributed by atoms with Gasteiger partial charge >= 0.3 is 0 Å². The highest BCUT2D eigenvalue weighted by Gasteiger charge is 2.25. The molecule has 1 N–H and O–H groups in total. The number of piperazine rings is 1. The second-order valence-corrected chi connectivity index (χ2v) is 8.56. The van der Waals surface area contributed by atoms with Crippen LogP contribution in [-0.2, 0) is 4.79 Å². The van der Waals surface area contributed by atoms with E-state index in [4.69, 9.17) is 9.47 Å². The molecule has 1 heterocycles. The minimum Gasteiger partial charge on any atom is -0.497 e. The van der Waals surface area contributed by atoms with Gasteiger partial charge in [-0.2, -0.15) is 0 Å². The molecule has 9 heteroatoms. The lowest BCUT2D eigenvalue weighted by molar-refractivity contribution is -0.384. The number of rotatable bonds is 9. The first-order valence-corrected chi connectivity index (χ1v) is 11.8. The Morgan fingerprint density at radius 3 is 1.92 bits per heavy atom. The maximum Gasteiger partial charge on any atom is 0.292 e. The average Bonchev–Trinajstić information content (AvgIpc) is 2.92. The molecule has 0 saturated carbocycles. The van der Waals surface area contributed by atoms with Gasteiger partial charge in [0.1, 0.15) is 17.2 Å². The van der Waals surface area contributed by atoms with Crippen LogP contribution in [-0.4, -0.2) is 62.7 Å². The van der Waals surface area contributed by atoms with Gasteiger partial charge in [0, 0.05) is 32.2 Å². The Morgan fingerprint density at radius 2 is 1.42 bits per heavy atom. The average molecular weight is 491 g/mol. The molecule has 3 aromatic rings. The number of ether oxygens (including phenoxy) is 2. The van der Waals surface area contributed by atoms with E-state index in [0.717, 1.165) is 22.6 Å². The van der Waals surface area contributed by atoms with E-state index < -0.39 is 0 Å². The number of anilines is 1. The first-order valence-electron chi connectivity index (χ1n) is 11.8. The molecule has 1 amide bonds. The van der Waals surface area contributed by atoms with Crippen molar-refractivity contribution in [1.29, 1.82) is 0 Å². The van der Waals surface area contributed by atoms with Gasteiger partial charge in [-0.25, -0.2) is 0 Å². The standard InChI is InChI=1S/C27H30N4O5/c1-35-22-11-7-20(8-12-22)27(21-9-13-23(36-2)14-10-21)28-26(32)19-29-15-17-30(18-16-29)24-5-3-4-6-25(24)31(33)34/h3-14,27H,15-19H2,1-2H3,(H,28,32). The third kappa shape index (κ3) is 5.92. The summed E-state index contributed by atoms with van der Waals surface area (Å²) < 4.78 is 10.6. The summed E-state index contributed by atoms with van der Waals surface area (Å²) >= 11 is 0. The van der Waals surface area contributed by atoms with Crippen molar-refractivity contribution in [3.8, 4) is 11.5 Å². The zero-order valence-electron chi connectivity index (χ0n) is 20.4. The number of methoxy groups -OCH3 is 2. The SMILES string of the molecule is COc1ccc(C(NC(=O)CN2CCN(c3ccccc3[N+](=O)[O-])CC2)c2ccc(OC)cc2)cc1. The summed E-state index contributed by atoms with van der Waals surface area (Å²) in [5, 5.41) is 14.6. The number of hydrogen-bond acceptors (Lipinski definition) is 7. The molecule has 9 nitrogen and oxygen atoms in total. The lowest BCUT2D eigenvalue weighted by atomic mass is 9.98. The summed E-state index contributed by atoms with van der Waals surface area (Å²) in [4.78, 5) is 28.2. The molecule has 1 aliphatic heterocycles. The topological polar surface area (TPSA) is 97.2 Å². The van der Waals surface area contributed by atoms with Gasteiger partial charge in [-0.05, 0) is 41.5 Å². The van der Waals surface area contributed by atoms with Crippen molar-refractivity contribution < 1.29 is 19.2 Å². The highest BCUT2D eigenvalue weighted by atomic mass is 16.6. The lowest BCUT2D eigenvalue weighted by Crippen LogP contribution is -2.50. The molecule has 0 spiro atoms. The molecule has 3 aromatic carbocycles. The molecule has 36 heavy (non-hydrogen) atoms. The zero-order valence-corrected chi connectivity index (χ0v) is 20.4. The fourth-order valence-corrected chi connectivity index (χ4v) is 4.39. The molecular formula is C27H30N4O5. The number of nitrogens with zero attached hydrogens (tertiary/aromatic N) is 3. The number of hydrogen-bond donors (Lipinski definition) is 1. The summed E-state index contributed by atoms with van der Waals surface area (Å²) in [6.45, 7) is 2.73. The lowest BCUT2D eigenvalue weighted by Gasteiger charge is -2.35. The van der Waals surface area contributed by atoms with Crippen LogP contribution in [0.1, 0.15) is 17.2 Å². The Hall–Kier alpha value is -4.11. The van der Waals surface area contributed by atoms with Crippen LogP contribution in [0.15, 0.2) is 72.8 Å². The van der Waals surface area contributed by atoms with E-state index in [-0.39, 0.29) is 29.1 Å².